The second-order valence-corrected chi connectivity index (χ2v) is 8.58. The van der Waals surface area contributed by atoms with Gasteiger partial charge in [-0.2, -0.15) is 4.40 Å². The molecule has 0 unspecified atom stereocenters. The van der Waals surface area contributed by atoms with Crippen LogP contribution in [0.4, 0.5) is 5.95 Å². The number of nitrogens with one attached hydrogen (secondary N) is 1. The molecule has 4 rings (SSSR count). The number of para-hydroxylation sites is 2. The van der Waals surface area contributed by atoms with Crippen LogP contribution in [0.2, 0.25) is 5.02 Å². The fraction of sp³-hybridized carbons (Fsp3) is 0.294. The minimum atomic E-state index is -2.86. The van der Waals surface area contributed by atoms with Gasteiger partial charge >= 0.3 is 0 Å². The molecule has 0 bridgehead atoms. The quantitative estimate of drug-likeness (QED) is 0.606. The van der Waals surface area contributed by atoms with Crippen LogP contribution >= 0.6 is 22.4 Å². The molecule has 1 aliphatic rings. The van der Waals surface area contributed by atoms with Crippen molar-refractivity contribution in [2.45, 2.75) is 12.8 Å². The zero-order valence-electron chi connectivity index (χ0n) is 14.6. The van der Waals surface area contributed by atoms with Crippen LogP contribution in [0.15, 0.2) is 34.9 Å². The summed E-state index contributed by atoms with van der Waals surface area (Å²) in [7, 11) is -2.86. The Bertz CT molecular complexity index is 973. The summed E-state index contributed by atoms with van der Waals surface area (Å²) in [6.45, 7) is 1.30. The Morgan fingerprint density at radius 1 is 1.19 bits per heavy atom. The van der Waals surface area contributed by atoms with Crippen molar-refractivity contribution >= 4 is 45.1 Å². The molecule has 0 atom stereocenters. The van der Waals surface area contributed by atoms with Crippen LogP contribution in [0.3, 0.4) is 0 Å². The van der Waals surface area contributed by atoms with Crippen molar-refractivity contribution in [3.63, 3.8) is 0 Å². The van der Waals surface area contributed by atoms with Crippen LogP contribution in [-0.4, -0.2) is 54.1 Å². The number of piperidine rings is 1. The van der Waals surface area contributed by atoms with E-state index < -0.39 is 10.8 Å². The van der Waals surface area contributed by atoms with Gasteiger partial charge in [0.2, 0.25) is 5.95 Å². The van der Waals surface area contributed by atoms with Crippen molar-refractivity contribution in [1.82, 2.24) is 19.9 Å². The standard InChI is InChI=1S/C17H19ClN6O2S/c1-27(25,26)23-11-6-8-24(9-7-11)17-19-10-12(18)15(22-17)16-20-13-4-2-3-5-14(13)21-16/h2-5,10,25-26H,6-9H2,1H3,(H,20,21). The van der Waals surface area contributed by atoms with Crippen LogP contribution < -0.4 is 4.90 Å². The summed E-state index contributed by atoms with van der Waals surface area (Å²) < 4.78 is 23.0. The average Bonchev–Trinajstić information content (AvgIpc) is 3.05. The van der Waals surface area contributed by atoms with Gasteiger partial charge < -0.3 is 9.88 Å². The smallest absolute Gasteiger partial charge is 0.226 e. The summed E-state index contributed by atoms with van der Waals surface area (Å²) in [4.78, 5) is 18.8. The topological polar surface area (TPSA) is 111 Å². The molecular weight excluding hydrogens is 388 g/mol. The normalized spacial score (nSPS) is 16.0. The number of halogens is 1. The summed E-state index contributed by atoms with van der Waals surface area (Å²) in [5, 5.41) is 0.428. The number of anilines is 1. The van der Waals surface area contributed by atoms with Crippen molar-refractivity contribution in [1.29, 1.82) is 0 Å². The van der Waals surface area contributed by atoms with E-state index in [2.05, 4.69) is 24.3 Å². The molecule has 1 saturated heterocycles. The number of imidazole rings is 1. The maximum absolute atomic E-state index is 9.49. The van der Waals surface area contributed by atoms with Gasteiger partial charge in [-0.05, 0) is 12.1 Å². The van der Waals surface area contributed by atoms with E-state index in [0.29, 0.717) is 48.4 Å². The van der Waals surface area contributed by atoms with Gasteiger partial charge in [-0.1, -0.05) is 23.7 Å². The summed E-state index contributed by atoms with van der Waals surface area (Å²) in [6.07, 6.45) is 4.18. The van der Waals surface area contributed by atoms with Crippen LogP contribution in [0.25, 0.3) is 22.6 Å². The van der Waals surface area contributed by atoms with Crippen molar-refractivity contribution < 1.29 is 9.11 Å². The monoisotopic (exact) mass is 406 g/mol. The van der Waals surface area contributed by atoms with Gasteiger partial charge in [0.25, 0.3) is 0 Å². The number of hydrogen-bond acceptors (Lipinski definition) is 7. The number of rotatable bonds is 3. The molecule has 8 nitrogen and oxygen atoms in total. The van der Waals surface area contributed by atoms with Gasteiger partial charge in [0.05, 0.1) is 22.3 Å². The molecule has 0 aliphatic carbocycles. The highest BCUT2D eigenvalue weighted by molar-refractivity contribution is 8.22. The molecular formula is C17H19ClN6O2S. The molecule has 1 aromatic carbocycles. The van der Waals surface area contributed by atoms with E-state index in [1.54, 1.807) is 6.20 Å². The lowest BCUT2D eigenvalue weighted by Crippen LogP contribution is -2.35. The molecule has 3 heterocycles. The van der Waals surface area contributed by atoms with Gasteiger partial charge in [-0.15, -0.1) is 10.8 Å². The maximum atomic E-state index is 9.49. The predicted molar refractivity (Wildman–Crippen MR) is 110 cm³/mol. The zero-order valence-corrected chi connectivity index (χ0v) is 16.2. The second kappa shape index (κ2) is 7.08. The number of H-pyrrole nitrogens is 1. The number of aromatic nitrogens is 4. The minimum absolute atomic E-state index is 0.428. The molecule has 0 spiro atoms. The van der Waals surface area contributed by atoms with E-state index >= 15 is 0 Å². The molecule has 3 aromatic rings. The summed E-state index contributed by atoms with van der Waals surface area (Å²) in [5.74, 6) is 1.17. The largest absolute Gasteiger partial charge is 0.340 e. The van der Waals surface area contributed by atoms with E-state index in [4.69, 9.17) is 11.6 Å². The number of benzene rings is 1. The highest BCUT2D eigenvalue weighted by Gasteiger charge is 2.21. The van der Waals surface area contributed by atoms with E-state index in [-0.39, 0.29) is 0 Å². The molecule has 1 fully saturated rings. The Kier molecular flexibility index (Phi) is 4.77. The van der Waals surface area contributed by atoms with Crippen molar-refractivity contribution in [3.05, 3.63) is 35.5 Å². The first kappa shape index (κ1) is 18.2. The molecule has 1 aliphatic heterocycles. The van der Waals surface area contributed by atoms with Crippen LogP contribution in [0.1, 0.15) is 12.8 Å². The lowest BCUT2D eigenvalue weighted by atomic mass is 10.1. The van der Waals surface area contributed by atoms with Crippen molar-refractivity contribution in [2.75, 3.05) is 24.2 Å². The molecule has 10 heteroatoms. The van der Waals surface area contributed by atoms with E-state index in [1.807, 2.05) is 29.2 Å². The Balaban J connectivity index is 1.59. The first-order chi connectivity index (χ1) is 12.9. The number of nitrogens with zero attached hydrogens (tertiary/aromatic N) is 5. The predicted octanol–water partition coefficient (Wildman–Crippen LogP) is 4.01. The molecule has 27 heavy (non-hydrogen) atoms. The van der Waals surface area contributed by atoms with Crippen molar-refractivity contribution in [3.8, 4) is 11.5 Å². The Morgan fingerprint density at radius 2 is 1.93 bits per heavy atom. The van der Waals surface area contributed by atoms with Gasteiger partial charge in [-0.25, -0.2) is 15.0 Å². The number of fused-ring (bicyclic) bond motifs is 1. The Morgan fingerprint density at radius 3 is 2.63 bits per heavy atom. The summed E-state index contributed by atoms with van der Waals surface area (Å²) >= 11 is 6.32. The molecule has 2 aromatic heterocycles. The SMILES string of the molecule is CS(O)(O)N=C1CCN(c2ncc(Cl)c(-c3nc4ccccc4[nH]3)n2)CC1. The fourth-order valence-corrected chi connectivity index (χ4v) is 3.89. The number of aromatic amines is 1. The first-order valence-corrected chi connectivity index (χ1v) is 10.7. The Hall–Kier alpha value is -2.20. The van der Waals surface area contributed by atoms with Crippen LogP contribution in [0.5, 0.6) is 0 Å². The fourth-order valence-electron chi connectivity index (χ4n) is 3.04. The minimum Gasteiger partial charge on any atom is -0.340 e. The molecule has 142 valence electrons. The molecule has 0 radical (unpaired) electrons. The summed E-state index contributed by atoms with van der Waals surface area (Å²) in [6, 6.07) is 7.74. The van der Waals surface area contributed by atoms with E-state index in [1.165, 1.54) is 6.26 Å². The zero-order chi connectivity index (χ0) is 19.0. The highest BCUT2D eigenvalue weighted by atomic mass is 35.5. The van der Waals surface area contributed by atoms with Gasteiger partial charge in [0.15, 0.2) is 5.82 Å². The third kappa shape index (κ3) is 4.06. The molecule has 0 amide bonds. The maximum Gasteiger partial charge on any atom is 0.226 e. The third-order valence-electron chi connectivity index (χ3n) is 4.27. The van der Waals surface area contributed by atoms with E-state index in [9.17, 15) is 9.11 Å². The van der Waals surface area contributed by atoms with Crippen LogP contribution in [-0.2, 0) is 0 Å². The number of hydrogen-bond donors (Lipinski definition) is 3. The highest BCUT2D eigenvalue weighted by Crippen LogP contribution is 2.36. The van der Waals surface area contributed by atoms with Gasteiger partial charge in [-0.3, -0.25) is 9.11 Å². The summed E-state index contributed by atoms with van der Waals surface area (Å²) in [5.41, 5.74) is 3.13. The lowest BCUT2D eigenvalue weighted by molar-refractivity contribution is 0.497. The molecule has 0 saturated carbocycles. The van der Waals surface area contributed by atoms with Crippen molar-refractivity contribution in [2.24, 2.45) is 4.40 Å². The van der Waals surface area contributed by atoms with E-state index in [0.717, 1.165) is 16.7 Å². The third-order valence-corrected chi connectivity index (χ3v) is 5.15. The first-order valence-electron chi connectivity index (χ1n) is 8.42. The van der Waals surface area contributed by atoms with Crippen LogP contribution in [0, 0.1) is 0 Å². The second-order valence-electron chi connectivity index (χ2n) is 6.41. The Labute approximate surface area is 162 Å². The molecule has 3 N–H and O–H groups in total. The van der Waals surface area contributed by atoms with Gasteiger partial charge in [0.1, 0.15) is 5.69 Å². The lowest BCUT2D eigenvalue weighted by Gasteiger charge is -2.30. The van der Waals surface area contributed by atoms with Gasteiger partial charge in [0, 0.05) is 37.9 Å². The average molecular weight is 407 g/mol.